The lowest BCUT2D eigenvalue weighted by Gasteiger charge is -2.34. The van der Waals surface area contributed by atoms with Gasteiger partial charge in [-0.2, -0.15) is 0 Å². The molecule has 0 amide bonds. The summed E-state index contributed by atoms with van der Waals surface area (Å²) in [7, 11) is 0. The lowest BCUT2D eigenvalue weighted by Crippen LogP contribution is -2.43. The standard InChI is InChI=1S/2C13H19NO.2ClH.H2O/c2*1-10-5-3-6-12(11(10)2)13(15)7-4-8-14-9-13;;;/h2*3,5-6,14-15H,4,7-9H2,1-2H3;2*1H;1H2. The molecule has 0 aromatic heterocycles. The minimum Gasteiger partial charge on any atom is -0.412 e. The van der Waals surface area contributed by atoms with Crippen LogP contribution in [-0.4, -0.2) is 41.9 Å². The molecule has 2 unspecified atom stereocenters. The lowest BCUT2D eigenvalue weighted by atomic mass is 9.83. The minimum absolute atomic E-state index is 0. The van der Waals surface area contributed by atoms with Crippen LogP contribution in [0.1, 0.15) is 59.1 Å². The van der Waals surface area contributed by atoms with E-state index in [0.717, 1.165) is 49.9 Å². The van der Waals surface area contributed by atoms with E-state index < -0.39 is 11.2 Å². The normalized spacial score (nSPS) is 24.2. The summed E-state index contributed by atoms with van der Waals surface area (Å²) in [6.45, 7) is 11.8. The first-order valence-electron chi connectivity index (χ1n) is 11.3. The van der Waals surface area contributed by atoms with Gasteiger partial charge in [0.2, 0.25) is 0 Å². The van der Waals surface area contributed by atoms with Crippen molar-refractivity contribution in [1.82, 2.24) is 10.6 Å². The molecule has 7 heteroatoms. The van der Waals surface area contributed by atoms with Gasteiger partial charge < -0.3 is 26.3 Å². The number of β-amino-alcohol motifs (C(OH)–C–C–N with tert-alkyl or cyclic N) is 2. The first-order chi connectivity index (χ1) is 14.3. The van der Waals surface area contributed by atoms with Gasteiger partial charge in [0.15, 0.2) is 0 Å². The van der Waals surface area contributed by atoms with Gasteiger partial charge in [0.25, 0.3) is 0 Å². The Morgan fingerprint density at radius 2 is 1.03 bits per heavy atom. The van der Waals surface area contributed by atoms with Gasteiger partial charge in [-0.05, 0) is 99.8 Å². The number of piperidine rings is 2. The Morgan fingerprint density at radius 1 is 0.667 bits per heavy atom. The van der Waals surface area contributed by atoms with Crippen molar-refractivity contribution in [2.75, 3.05) is 26.2 Å². The summed E-state index contributed by atoms with van der Waals surface area (Å²) in [5.74, 6) is 0. The number of nitrogens with one attached hydrogen (secondary N) is 2. The van der Waals surface area contributed by atoms with Crippen LogP contribution in [-0.2, 0) is 11.2 Å². The highest BCUT2D eigenvalue weighted by Gasteiger charge is 2.33. The van der Waals surface area contributed by atoms with Crippen LogP contribution in [0.25, 0.3) is 0 Å². The second kappa shape index (κ2) is 13.6. The number of hydrogen-bond donors (Lipinski definition) is 4. The molecular weight excluding hydrogens is 459 g/mol. The Labute approximate surface area is 211 Å². The van der Waals surface area contributed by atoms with Crippen LogP contribution in [0, 0.1) is 27.7 Å². The Kier molecular flexibility index (Phi) is 13.2. The van der Waals surface area contributed by atoms with Gasteiger partial charge in [0.05, 0.1) is 0 Å². The average molecular weight is 502 g/mol. The molecule has 188 valence electrons. The van der Waals surface area contributed by atoms with Gasteiger partial charge >= 0.3 is 0 Å². The third kappa shape index (κ3) is 7.40. The molecule has 0 saturated carbocycles. The van der Waals surface area contributed by atoms with Gasteiger partial charge in [-0.3, -0.25) is 0 Å². The van der Waals surface area contributed by atoms with Crippen LogP contribution in [0.2, 0.25) is 0 Å². The monoisotopic (exact) mass is 500 g/mol. The van der Waals surface area contributed by atoms with Gasteiger partial charge in [0, 0.05) is 13.1 Å². The molecule has 2 aromatic rings. The molecule has 4 rings (SSSR count). The Morgan fingerprint density at radius 3 is 1.33 bits per heavy atom. The third-order valence-electron chi connectivity index (χ3n) is 6.93. The molecular formula is C26H42Cl2N2O3. The molecule has 33 heavy (non-hydrogen) atoms. The fourth-order valence-corrected chi connectivity index (χ4v) is 4.75. The second-order valence-corrected chi connectivity index (χ2v) is 9.12. The van der Waals surface area contributed by atoms with Crippen molar-refractivity contribution in [2.45, 2.75) is 64.6 Å². The van der Waals surface area contributed by atoms with Gasteiger partial charge in [-0.25, -0.2) is 0 Å². The smallest absolute Gasteiger partial charge is 0.102 e. The van der Waals surface area contributed by atoms with Crippen LogP contribution < -0.4 is 10.6 Å². The van der Waals surface area contributed by atoms with Crippen molar-refractivity contribution in [2.24, 2.45) is 0 Å². The molecule has 5 nitrogen and oxygen atoms in total. The van der Waals surface area contributed by atoms with Crippen molar-refractivity contribution in [1.29, 1.82) is 0 Å². The van der Waals surface area contributed by atoms with Crippen LogP contribution in [0.4, 0.5) is 0 Å². The molecule has 2 saturated heterocycles. The van der Waals surface area contributed by atoms with E-state index in [0.29, 0.717) is 13.1 Å². The zero-order chi connectivity index (χ0) is 21.8. The second-order valence-electron chi connectivity index (χ2n) is 9.12. The van der Waals surface area contributed by atoms with Crippen LogP contribution in [0.5, 0.6) is 0 Å². The molecule has 2 aliphatic heterocycles. The molecule has 2 aliphatic rings. The zero-order valence-corrected chi connectivity index (χ0v) is 22.0. The predicted molar refractivity (Wildman–Crippen MR) is 142 cm³/mol. The third-order valence-corrected chi connectivity index (χ3v) is 6.93. The van der Waals surface area contributed by atoms with Crippen molar-refractivity contribution in [3.63, 3.8) is 0 Å². The van der Waals surface area contributed by atoms with Crippen LogP contribution in [0.3, 0.4) is 0 Å². The lowest BCUT2D eigenvalue weighted by molar-refractivity contribution is 0.0114. The average Bonchev–Trinajstić information content (AvgIpc) is 2.73. The van der Waals surface area contributed by atoms with E-state index in [2.05, 4.69) is 62.6 Å². The van der Waals surface area contributed by atoms with E-state index in [-0.39, 0.29) is 30.3 Å². The Balaban J connectivity index is 0.000000569. The summed E-state index contributed by atoms with van der Waals surface area (Å²) in [5.41, 5.74) is 5.83. The SMILES string of the molecule is Cc1cccc(C2(O)CCCNC2)c1C.Cc1cccc(C2(O)CCCNC2)c1C.Cl.Cl.O. The predicted octanol–water partition coefficient (Wildman–Crippen LogP) is 3.77. The number of rotatable bonds is 2. The fourth-order valence-electron chi connectivity index (χ4n) is 4.75. The van der Waals surface area contributed by atoms with Crippen molar-refractivity contribution >= 4 is 24.8 Å². The number of aryl methyl sites for hydroxylation is 2. The number of hydrogen-bond acceptors (Lipinski definition) is 4. The fraction of sp³-hybridized carbons (Fsp3) is 0.538. The molecule has 0 bridgehead atoms. The largest absolute Gasteiger partial charge is 0.412 e. The van der Waals surface area contributed by atoms with Crippen molar-refractivity contribution in [3.05, 3.63) is 69.8 Å². The van der Waals surface area contributed by atoms with E-state index in [4.69, 9.17) is 0 Å². The first-order valence-corrected chi connectivity index (χ1v) is 11.3. The highest BCUT2D eigenvalue weighted by molar-refractivity contribution is 5.85. The van der Waals surface area contributed by atoms with E-state index in [1.807, 2.05) is 12.1 Å². The van der Waals surface area contributed by atoms with Gasteiger partial charge in [-0.1, -0.05) is 36.4 Å². The summed E-state index contributed by atoms with van der Waals surface area (Å²) < 4.78 is 0. The molecule has 0 spiro atoms. The van der Waals surface area contributed by atoms with E-state index >= 15 is 0 Å². The summed E-state index contributed by atoms with van der Waals surface area (Å²) in [5, 5.41) is 27.7. The molecule has 2 atom stereocenters. The quantitative estimate of drug-likeness (QED) is 0.504. The minimum atomic E-state index is -0.658. The summed E-state index contributed by atoms with van der Waals surface area (Å²) >= 11 is 0. The molecule has 6 N–H and O–H groups in total. The highest BCUT2D eigenvalue weighted by Crippen LogP contribution is 2.32. The molecule has 2 fully saturated rings. The zero-order valence-electron chi connectivity index (χ0n) is 20.3. The maximum Gasteiger partial charge on any atom is 0.102 e. The first kappa shape index (κ1) is 31.8. The van der Waals surface area contributed by atoms with Crippen LogP contribution in [0.15, 0.2) is 36.4 Å². The summed E-state index contributed by atoms with van der Waals surface area (Å²) in [6, 6.07) is 12.4. The summed E-state index contributed by atoms with van der Waals surface area (Å²) in [4.78, 5) is 0. The molecule has 0 radical (unpaired) electrons. The Hall–Kier alpha value is -1.18. The maximum absolute atomic E-state index is 10.6. The molecule has 0 aliphatic carbocycles. The number of benzene rings is 2. The number of halogens is 2. The van der Waals surface area contributed by atoms with Gasteiger partial charge in [0.1, 0.15) is 11.2 Å². The number of aliphatic hydroxyl groups is 2. The molecule has 2 heterocycles. The van der Waals surface area contributed by atoms with E-state index in [9.17, 15) is 10.2 Å². The van der Waals surface area contributed by atoms with Gasteiger partial charge in [-0.15, -0.1) is 24.8 Å². The highest BCUT2D eigenvalue weighted by atomic mass is 35.5. The van der Waals surface area contributed by atoms with Crippen molar-refractivity contribution in [3.8, 4) is 0 Å². The van der Waals surface area contributed by atoms with E-state index in [1.165, 1.54) is 22.3 Å². The van der Waals surface area contributed by atoms with Crippen LogP contribution >= 0.6 is 24.8 Å². The molecule has 2 aromatic carbocycles. The Bertz CT molecular complexity index is 793. The van der Waals surface area contributed by atoms with E-state index in [1.54, 1.807) is 0 Å². The maximum atomic E-state index is 10.6. The topological polar surface area (TPSA) is 96.0 Å². The summed E-state index contributed by atoms with van der Waals surface area (Å²) in [6.07, 6.45) is 3.82. The van der Waals surface area contributed by atoms with Crippen molar-refractivity contribution < 1.29 is 15.7 Å².